The average molecular weight is 240 g/mol. The molecule has 0 bridgehead atoms. The summed E-state index contributed by atoms with van der Waals surface area (Å²) in [5, 5.41) is 18.2. The van der Waals surface area contributed by atoms with E-state index in [1.807, 2.05) is 0 Å². The molecule has 0 radical (unpaired) electrons. The van der Waals surface area contributed by atoms with Crippen molar-refractivity contribution in [2.45, 2.75) is 20.0 Å². The van der Waals surface area contributed by atoms with Crippen LogP contribution in [0.1, 0.15) is 24.2 Å². The third-order valence-corrected chi connectivity index (χ3v) is 1.98. The fourth-order valence-electron chi connectivity index (χ4n) is 1.31. The SMILES string of the molecule is CCOc1cccc(C(=O)O)c1OCC(C)O. The van der Waals surface area contributed by atoms with Crippen molar-refractivity contribution >= 4 is 5.97 Å². The molecule has 1 atom stereocenters. The summed E-state index contributed by atoms with van der Waals surface area (Å²) in [4.78, 5) is 11.0. The molecule has 1 aromatic carbocycles. The van der Waals surface area contributed by atoms with Crippen LogP contribution in [0.4, 0.5) is 0 Å². The Morgan fingerprint density at radius 3 is 2.65 bits per heavy atom. The summed E-state index contributed by atoms with van der Waals surface area (Å²) in [6.07, 6.45) is -0.675. The zero-order chi connectivity index (χ0) is 12.8. The number of carboxylic acids is 1. The minimum Gasteiger partial charge on any atom is -0.490 e. The van der Waals surface area contributed by atoms with E-state index < -0.39 is 12.1 Å². The van der Waals surface area contributed by atoms with Crippen molar-refractivity contribution in [1.29, 1.82) is 0 Å². The Morgan fingerprint density at radius 2 is 2.12 bits per heavy atom. The normalized spacial score (nSPS) is 11.9. The van der Waals surface area contributed by atoms with E-state index >= 15 is 0 Å². The Kier molecular flexibility index (Phi) is 4.78. The van der Waals surface area contributed by atoms with Gasteiger partial charge in [-0.1, -0.05) is 6.07 Å². The third kappa shape index (κ3) is 3.64. The summed E-state index contributed by atoms with van der Waals surface area (Å²) >= 11 is 0. The molecule has 1 unspecified atom stereocenters. The van der Waals surface area contributed by atoms with E-state index in [0.29, 0.717) is 12.4 Å². The molecule has 2 N–H and O–H groups in total. The number of para-hydroxylation sites is 1. The van der Waals surface area contributed by atoms with Gasteiger partial charge in [0.25, 0.3) is 0 Å². The van der Waals surface area contributed by atoms with Gasteiger partial charge in [-0.25, -0.2) is 4.79 Å². The lowest BCUT2D eigenvalue weighted by molar-refractivity contribution is 0.0683. The minimum atomic E-state index is -1.09. The molecule has 0 aromatic heterocycles. The summed E-state index contributed by atoms with van der Waals surface area (Å²) in [7, 11) is 0. The monoisotopic (exact) mass is 240 g/mol. The second kappa shape index (κ2) is 6.10. The molecule has 0 aliphatic rings. The van der Waals surface area contributed by atoms with Crippen molar-refractivity contribution in [3.05, 3.63) is 23.8 Å². The number of aromatic carboxylic acids is 1. The lowest BCUT2D eigenvalue weighted by Gasteiger charge is -2.14. The van der Waals surface area contributed by atoms with Crippen LogP contribution in [0, 0.1) is 0 Å². The van der Waals surface area contributed by atoms with Gasteiger partial charge in [-0.3, -0.25) is 0 Å². The molecule has 0 saturated heterocycles. The van der Waals surface area contributed by atoms with Gasteiger partial charge in [0.2, 0.25) is 0 Å². The Balaban J connectivity index is 3.04. The Labute approximate surface area is 99.6 Å². The van der Waals surface area contributed by atoms with Crippen LogP contribution in [0.2, 0.25) is 0 Å². The fraction of sp³-hybridized carbons (Fsp3) is 0.417. The lowest BCUT2D eigenvalue weighted by atomic mass is 10.2. The highest BCUT2D eigenvalue weighted by Crippen LogP contribution is 2.31. The first-order chi connectivity index (χ1) is 8.06. The molecule has 5 nitrogen and oxygen atoms in total. The van der Waals surface area contributed by atoms with Gasteiger partial charge >= 0.3 is 5.97 Å². The smallest absolute Gasteiger partial charge is 0.339 e. The standard InChI is InChI=1S/C12H16O5/c1-3-16-10-6-4-5-9(12(14)15)11(10)17-7-8(2)13/h4-6,8,13H,3,7H2,1-2H3,(H,14,15). The van der Waals surface area contributed by atoms with Crippen LogP contribution in [-0.4, -0.2) is 35.5 Å². The molecule has 5 heteroatoms. The van der Waals surface area contributed by atoms with E-state index in [0.717, 1.165) is 0 Å². The van der Waals surface area contributed by atoms with Gasteiger partial charge in [0.15, 0.2) is 11.5 Å². The van der Waals surface area contributed by atoms with Gasteiger partial charge in [-0.2, -0.15) is 0 Å². The molecular formula is C12H16O5. The molecule has 1 rings (SSSR count). The summed E-state index contributed by atoms with van der Waals surface area (Å²) in [5.74, 6) is -0.567. The molecule has 94 valence electrons. The number of carbonyl (C=O) groups is 1. The molecule has 0 aliphatic carbocycles. The quantitative estimate of drug-likeness (QED) is 0.788. The highest BCUT2D eigenvalue weighted by Gasteiger charge is 2.16. The van der Waals surface area contributed by atoms with Crippen molar-refractivity contribution in [1.82, 2.24) is 0 Å². The Bertz CT molecular complexity index is 386. The minimum absolute atomic E-state index is 0.0182. The van der Waals surface area contributed by atoms with Crippen molar-refractivity contribution in [3.63, 3.8) is 0 Å². The van der Waals surface area contributed by atoms with Crippen molar-refractivity contribution in [2.75, 3.05) is 13.2 Å². The molecule has 0 saturated carbocycles. The lowest BCUT2D eigenvalue weighted by Crippen LogP contribution is -2.15. The number of carboxylic acid groups (broad SMARTS) is 1. The maximum absolute atomic E-state index is 11.0. The molecule has 17 heavy (non-hydrogen) atoms. The van der Waals surface area contributed by atoms with Crippen LogP contribution in [0.3, 0.4) is 0 Å². The van der Waals surface area contributed by atoms with Gasteiger partial charge < -0.3 is 19.7 Å². The average Bonchev–Trinajstić information content (AvgIpc) is 2.27. The van der Waals surface area contributed by atoms with E-state index in [1.54, 1.807) is 26.0 Å². The second-order valence-corrected chi connectivity index (χ2v) is 3.53. The van der Waals surface area contributed by atoms with Crippen molar-refractivity contribution < 1.29 is 24.5 Å². The van der Waals surface area contributed by atoms with Crippen LogP contribution in [0.25, 0.3) is 0 Å². The zero-order valence-corrected chi connectivity index (χ0v) is 9.84. The van der Waals surface area contributed by atoms with Crippen LogP contribution in [0.15, 0.2) is 18.2 Å². The summed E-state index contributed by atoms with van der Waals surface area (Å²) in [6.45, 7) is 3.79. The number of hydrogen-bond donors (Lipinski definition) is 2. The van der Waals surface area contributed by atoms with Crippen molar-refractivity contribution in [2.24, 2.45) is 0 Å². The molecule has 0 heterocycles. The first-order valence-electron chi connectivity index (χ1n) is 5.36. The summed E-state index contributed by atoms with van der Waals surface area (Å²) in [5.41, 5.74) is 0.0246. The van der Waals surface area contributed by atoms with E-state index in [4.69, 9.17) is 19.7 Å². The molecule has 0 fully saturated rings. The predicted molar refractivity (Wildman–Crippen MR) is 61.7 cm³/mol. The largest absolute Gasteiger partial charge is 0.490 e. The van der Waals surface area contributed by atoms with E-state index in [1.165, 1.54) is 6.07 Å². The number of aliphatic hydroxyl groups excluding tert-OH is 1. The molecule has 0 amide bonds. The number of hydrogen-bond acceptors (Lipinski definition) is 4. The maximum atomic E-state index is 11.0. The Hall–Kier alpha value is -1.75. The first kappa shape index (κ1) is 13.3. The third-order valence-electron chi connectivity index (χ3n) is 1.98. The maximum Gasteiger partial charge on any atom is 0.339 e. The topological polar surface area (TPSA) is 76.0 Å². The zero-order valence-electron chi connectivity index (χ0n) is 9.84. The summed E-state index contributed by atoms with van der Waals surface area (Å²) < 4.78 is 10.6. The van der Waals surface area contributed by atoms with E-state index in [2.05, 4.69) is 0 Å². The molecule has 1 aromatic rings. The van der Waals surface area contributed by atoms with Crippen LogP contribution in [0.5, 0.6) is 11.5 Å². The Morgan fingerprint density at radius 1 is 1.41 bits per heavy atom. The second-order valence-electron chi connectivity index (χ2n) is 3.53. The molecule has 0 spiro atoms. The number of ether oxygens (including phenoxy) is 2. The highest BCUT2D eigenvalue weighted by atomic mass is 16.5. The van der Waals surface area contributed by atoms with E-state index in [-0.39, 0.29) is 17.9 Å². The first-order valence-corrected chi connectivity index (χ1v) is 5.36. The van der Waals surface area contributed by atoms with Crippen molar-refractivity contribution in [3.8, 4) is 11.5 Å². The number of rotatable bonds is 6. The van der Waals surface area contributed by atoms with Gasteiger partial charge in [-0.15, -0.1) is 0 Å². The van der Waals surface area contributed by atoms with Gasteiger partial charge in [-0.05, 0) is 26.0 Å². The number of aliphatic hydroxyl groups is 1. The van der Waals surface area contributed by atoms with Gasteiger partial charge in [0, 0.05) is 0 Å². The molecule has 0 aliphatic heterocycles. The van der Waals surface area contributed by atoms with Gasteiger partial charge in [0.1, 0.15) is 12.2 Å². The highest BCUT2D eigenvalue weighted by molar-refractivity contribution is 5.92. The van der Waals surface area contributed by atoms with Crippen LogP contribution in [-0.2, 0) is 0 Å². The van der Waals surface area contributed by atoms with Crippen LogP contribution < -0.4 is 9.47 Å². The molecular weight excluding hydrogens is 224 g/mol. The van der Waals surface area contributed by atoms with Crippen LogP contribution >= 0.6 is 0 Å². The van der Waals surface area contributed by atoms with E-state index in [9.17, 15) is 4.79 Å². The van der Waals surface area contributed by atoms with Gasteiger partial charge in [0.05, 0.1) is 12.7 Å². The predicted octanol–water partition coefficient (Wildman–Crippen LogP) is 1.54. The number of benzene rings is 1. The fourth-order valence-corrected chi connectivity index (χ4v) is 1.31. The summed E-state index contributed by atoms with van der Waals surface area (Å²) in [6, 6.07) is 4.65.